The monoisotopic (exact) mass is 288 g/mol. The van der Waals surface area contributed by atoms with Crippen LogP contribution in [0.2, 0.25) is 19.6 Å². The molecule has 106 valence electrons. The van der Waals surface area contributed by atoms with Crippen molar-refractivity contribution in [1.82, 2.24) is 0 Å². The second-order valence-electron chi connectivity index (χ2n) is 4.98. The van der Waals surface area contributed by atoms with E-state index in [4.69, 9.17) is 14.3 Å². The summed E-state index contributed by atoms with van der Waals surface area (Å²) >= 11 is 0. The molecule has 0 aliphatic carbocycles. The minimum atomic E-state index is -1.96. The lowest BCUT2D eigenvalue weighted by molar-refractivity contribution is -0.147. The van der Waals surface area contributed by atoms with Crippen molar-refractivity contribution in [3.63, 3.8) is 0 Å². The number of aliphatic hydroxyl groups is 1. The Morgan fingerprint density at radius 3 is 2.32 bits per heavy atom. The van der Waals surface area contributed by atoms with Crippen LogP contribution in [0.25, 0.3) is 0 Å². The van der Waals surface area contributed by atoms with Gasteiger partial charge >= 0.3 is 5.97 Å². The summed E-state index contributed by atoms with van der Waals surface area (Å²) in [6.07, 6.45) is -1.94. The molecule has 0 aliphatic heterocycles. The molecule has 1 aromatic carbocycles. The van der Waals surface area contributed by atoms with Crippen LogP contribution in [-0.2, 0) is 4.79 Å². The van der Waals surface area contributed by atoms with Crippen molar-refractivity contribution < 1.29 is 28.6 Å². The molecule has 2 N–H and O–H groups in total. The van der Waals surface area contributed by atoms with E-state index in [0.29, 0.717) is 0 Å². The zero-order valence-electron chi connectivity index (χ0n) is 11.2. The predicted molar refractivity (Wildman–Crippen MR) is 69.5 cm³/mol. The van der Waals surface area contributed by atoms with Crippen molar-refractivity contribution in [1.29, 1.82) is 0 Å². The fourth-order valence-corrected chi connectivity index (χ4v) is 2.28. The van der Waals surface area contributed by atoms with E-state index < -0.39 is 26.2 Å². The van der Waals surface area contributed by atoms with Gasteiger partial charge in [0.15, 0.2) is 11.9 Å². The van der Waals surface area contributed by atoms with E-state index in [1.807, 2.05) is 19.6 Å². The number of carbonyl (C=O) groups is 1. The normalized spacial score (nSPS) is 12.9. The number of methoxy groups -OCH3 is 1. The van der Waals surface area contributed by atoms with Crippen LogP contribution in [0.3, 0.4) is 0 Å². The highest BCUT2D eigenvalue weighted by atomic mass is 28.4. The van der Waals surface area contributed by atoms with Crippen LogP contribution < -0.4 is 9.16 Å². The molecule has 0 fully saturated rings. The molecule has 1 atom stereocenters. The van der Waals surface area contributed by atoms with Crippen LogP contribution in [0.1, 0.15) is 11.7 Å². The summed E-state index contributed by atoms with van der Waals surface area (Å²) in [7, 11) is -0.598. The van der Waals surface area contributed by atoms with Gasteiger partial charge in [0.05, 0.1) is 7.11 Å². The van der Waals surface area contributed by atoms with Crippen LogP contribution in [0.5, 0.6) is 11.5 Å². The molecule has 0 bridgehead atoms. The van der Waals surface area contributed by atoms with Crippen LogP contribution in [0.4, 0.5) is 4.39 Å². The van der Waals surface area contributed by atoms with Gasteiger partial charge in [-0.15, -0.1) is 0 Å². The van der Waals surface area contributed by atoms with Gasteiger partial charge in [0.1, 0.15) is 11.6 Å². The molecule has 0 spiro atoms. The molecule has 0 aliphatic rings. The molecular formula is C12H17FO5Si. The molecule has 1 unspecified atom stereocenters. The summed E-state index contributed by atoms with van der Waals surface area (Å²) in [4.78, 5) is 10.7. The number of carboxylic acid groups (broad SMARTS) is 1. The summed E-state index contributed by atoms with van der Waals surface area (Å²) in [5, 5.41) is 18.1. The summed E-state index contributed by atoms with van der Waals surface area (Å²) < 4.78 is 24.5. The van der Waals surface area contributed by atoms with E-state index in [1.165, 1.54) is 7.11 Å². The van der Waals surface area contributed by atoms with Crippen molar-refractivity contribution >= 4 is 14.3 Å². The minimum Gasteiger partial charge on any atom is -0.542 e. The Bertz CT molecular complexity index is 484. The lowest BCUT2D eigenvalue weighted by Crippen LogP contribution is -2.29. The van der Waals surface area contributed by atoms with Gasteiger partial charge in [0.25, 0.3) is 0 Å². The van der Waals surface area contributed by atoms with Gasteiger partial charge in [-0.05, 0) is 25.7 Å². The molecule has 19 heavy (non-hydrogen) atoms. The standard InChI is InChI=1S/C12H17FO5Si/c1-17-9-5-7(11(14)12(15)16)8(13)6-10(9)18-19(2,3)4/h5-6,11,14H,1-4H3,(H,15,16). The maximum absolute atomic E-state index is 13.8. The third-order valence-electron chi connectivity index (χ3n) is 2.23. The number of aliphatic hydroxyl groups excluding tert-OH is 1. The fraction of sp³-hybridized carbons (Fsp3) is 0.417. The molecule has 0 radical (unpaired) electrons. The Morgan fingerprint density at radius 2 is 1.89 bits per heavy atom. The maximum atomic E-state index is 13.8. The third kappa shape index (κ3) is 3.93. The second-order valence-corrected chi connectivity index (χ2v) is 9.41. The number of carboxylic acids is 1. The summed E-state index contributed by atoms with van der Waals surface area (Å²) in [6, 6.07) is 2.18. The molecule has 0 saturated carbocycles. The van der Waals surface area contributed by atoms with E-state index in [1.54, 1.807) is 0 Å². The highest BCUT2D eigenvalue weighted by molar-refractivity contribution is 6.70. The number of benzene rings is 1. The first-order valence-corrected chi connectivity index (χ1v) is 9.04. The molecule has 0 amide bonds. The van der Waals surface area contributed by atoms with Gasteiger partial charge < -0.3 is 19.4 Å². The SMILES string of the molecule is COc1cc(C(O)C(=O)O)c(F)cc1O[Si](C)(C)C. The molecule has 1 rings (SSSR count). The van der Waals surface area contributed by atoms with Crippen LogP contribution >= 0.6 is 0 Å². The third-order valence-corrected chi connectivity index (χ3v) is 3.06. The lowest BCUT2D eigenvalue weighted by atomic mass is 10.1. The largest absolute Gasteiger partial charge is 0.542 e. The Balaban J connectivity index is 3.25. The predicted octanol–water partition coefficient (Wildman–Crippen LogP) is 2.17. The Morgan fingerprint density at radius 1 is 1.32 bits per heavy atom. The summed E-state index contributed by atoms with van der Waals surface area (Å²) in [6.45, 7) is 5.76. The zero-order chi connectivity index (χ0) is 14.8. The molecule has 1 aromatic rings. The molecule has 0 heterocycles. The molecule has 0 saturated heterocycles. The molecular weight excluding hydrogens is 271 g/mol. The number of aliphatic carboxylic acids is 1. The van der Waals surface area contributed by atoms with E-state index in [9.17, 15) is 14.3 Å². The first-order valence-electron chi connectivity index (χ1n) is 5.63. The van der Waals surface area contributed by atoms with E-state index in [0.717, 1.165) is 12.1 Å². The fourth-order valence-electron chi connectivity index (χ4n) is 1.46. The van der Waals surface area contributed by atoms with Crippen molar-refractivity contribution in [3.05, 3.63) is 23.5 Å². The molecule has 7 heteroatoms. The van der Waals surface area contributed by atoms with Crippen molar-refractivity contribution in [2.45, 2.75) is 25.7 Å². The topological polar surface area (TPSA) is 76.0 Å². The average molecular weight is 288 g/mol. The second kappa shape index (κ2) is 5.58. The Labute approximate surface area is 111 Å². The zero-order valence-corrected chi connectivity index (χ0v) is 12.2. The van der Waals surface area contributed by atoms with Crippen molar-refractivity contribution in [3.8, 4) is 11.5 Å². The van der Waals surface area contributed by atoms with E-state index in [2.05, 4.69) is 0 Å². The highest BCUT2D eigenvalue weighted by Crippen LogP contribution is 2.34. The number of hydrogen-bond acceptors (Lipinski definition) is 4. The quantitative estimate of drug-likeness (QED) is 0.812. The maximum Gasteiger partial charge on any atom is 0.337 e. The number of rotatable bonds is 5. The van der Waals surface area contributed by atoms with Crippen LogP contribution in [0.15, 0.2) is 12.1 Å². The smallest absolute Gasteiger partial charge is 0.337 e. The Kier molecular flexibility index (Phi) is 4.54. The molecule has 5 nitrogen and oxygen atoms in total. The average Bonchev–Trinajstić information content (AvgIpc) is 2.26. The summed E-state index contributed by atoms with van der Waals surface area (Å²) in [5.41, 5.74) is -0.354. The first kappa shape index (κ1) is 15.5. The van der Waals surface area contributed by atoms with Crippen molar-refractivity contribution in [2.75, 3.05) is 7.11 Å². The van der Waals surface area contributed by atoms with Crippen LogP contribution in [-0.4, -0.2) is 31.6 Å². The molecule has 0 aromatic heterocycles. The van der Waals surface area contributed by atoms with Gasteiger partial charge in [-0.25, -0.2) is 9.18 Å². The van der Waals surface area contributed by atoms with Crippen molar-refractivity contribution in [2.24, 2.45) is 0 Å². The first-order chi connectivity index (χ1) is 8.65. The van der Waals surface area contributed by atoms with Gasteiger partial charge in [-0.1, -0.05) is 0 Å². The number of hydrogen-bond donors (Lipinski definition) is 2. The minimum absolute atomic E-state index is 0.194. The number of halogens is 1. The Hall–Kier alpha value is -1.60. The van der Waals surface area contributed by atoms with Gasteiger partial charge in [0.2, 0.25) is 8.32 Å². The lowest BCUT2D eigenvalue weighted by Gasteiger charge is -2.22. The van der Waals surface area contributed by atoms with Crippen LogP contribution in [0, 0.1) is 5.82 Å². The number of ether oxygens (including phenoxy) is 1. The van der Waals surface area contributed by atoms with E-state index >= 15 is 0 Å². The van der Waals surface area contributed by atoms with Gasteiger partial charge in [-0.3, -0.25) is 0 Å². The highest BCUT2D eigenvalue weighted by Gasteiger charge is 2.25. The van der Waals surface area contributed by atoms with Gasteiger partial charge in [0, 0.05) is 11.6 Å². The van der Waals surface area contributed by atoms with Gasteiger partial charge in [-0.2, -0.15) is 0 Å². The van der Waals surface area contributed by atoms with E-state index in [-0.39, 0.29) is 17.1 Å². The summed E-state index contributed by atoms with van der Waals surface area (Å²) in [5.74, 6) is -1.97.